The molecule has 4 heterocycles. The van der Waals surface area contributed by atoms with E-state index >= 15 is 19.2 Å². The largest absolute Gasteiger partial charge is 0.308 e. The molecule has 3 aromatic carbocycles. The summed E-state index contributed by atoms with van der Waals surface area (Å²) in [5.74, 6) is 0.243. The van der Waals surface area contributed by atoms with Crippen molar-refractivity contribution in [3.05, 3.63) is 79.7 Å². The zero-order valence-corrected chi connectivity index (χ0v) is 73.4. The molecule has 0 aromatic heterocycles. The number of hydrogen-bond donors (Lipinski definition) is 0. The van der Waals surface area contributed by atoms with Gasteiger partial charge >= 0.3 is 0 Å². The van der Waals surface area contributed by atoms with Gasteiger partial charge in [-0.25, -0.2) is 0 Å². The summed E-state index contributed by atoms with van der Waals surface area (Å²) in [6, 6.07) is 16.7. The van der Waals surface area contributed by atoms with Crippen LogP contribution in [0.5, 0.6) is 0 Å². The molecule has 4 aliphatic heterocycles. The lowest BCUT2D eigenvalue weighted by molar-refractivity contribution is -0.114. The quantitative estimate of drug-likeness (QED) is 0.0417. The lowest BCUT2D eigenvalue weighted by Gasteiger charge is -2.25. The van der Waals surface area contributed by atoms with E-state index in [-0.39, 0.29) is 23.6 Å². The van der Waals surface area contributed by atoms with Crippen LogP contribution in [0.1, 0.15) is 449 Å². The van der Waals surface area contributed by atoms with Crippen molar-refractivity contribution in [3.63, 3.8) is 0 Å². The molecule has 0 saturated carbocycles. The molecule has 4 amide bonds. The summed E-state index contributed by atoms with van der Waals surface area (Å²) >= 11 is 7.75. The first kappa shape index (κ1) is 91.2. The molecule has 0 spiro atoms. The Labute approximate surface area is 679 Å². The molecule has 108 heavy (non-hydrogen) atoms. The average Bonchev–Trinajstić information content (AvgIpc) is 1.55. The Balaban J connectivity index is 1.28. The minimum atomic E-state index is -0.130. The number of halogens is 2. The fourth-order valence-electron chi connectivity index (χ4n) is 18.2. The van der Waals surface area contributed by atoms with Gasteiger partial charge in [0.2, 0.25) is 0 Å². The van der Waals surface area contributed by atoms with Gasteiger partial charge in [-0.2, -0.15) is 0 Å². The number of carbonyl (C=O) groups excluding carboxylic acids is 4. The fraction of sp³-hybridized carbons (Fsp3) is 0.735. The van der Waals surface area contributed by atoms with Crippen molar-refractivity contribution in [2.24, 2.45) is 11.8 Å². The van der Waals surface area contributed by atoms with Crippen LogP contribution in [-0.2, 0) is 19.2 Å². The molecule has 0 radical (unpaired) electrons. The highest BCUT2D eigenvalue weighted by molar-refractivity contribution is 9.10. The van der Waals surface area contributed by atoms with Gasteiger partial charge in [0.25, 0.3) is 23.6 Å². The van der Waals surface area contributed by atoms with Crippen molar-refractivity contribution in [2.75, 3.05) is 45.8 Å². The zero-order valence-electron chi connectivity index (χ0n) is 70.2. The summed E-state index contributed by atoms with van der Waals surface area (Å²) in [5.41, 5.74) is 8.27. The third-order valence-corrected chi connectivity index (χ3v) is 25.8. The van der Waals surface area contributed by atoms with Gasteiger partial charge in [0.15, 0.2) is 0 Å². The summed E-state index contributed by atoms with van der Waals surface area (Å²) in [4.78, 5) is 72.9. The third-order valence-electron chi connectivity index (χ3n) is 24.8. The van der Waals surface area contributed by atoms with Crippen LogP contribution in [0, 0.1) is 11.8 Å². The van der Waals surface area contributed by atoms with E-state index in [1.54, 1.807) is 0 Å². The molecule has 4 aliphatic rings. The van der Waals surface area contributed by atoms with Crippen LogP contribution in [0.2, 0.25) is 0 Å². The van der Waals surface area contributed by atoms with E-state index in [1.807, 2.05) is 21.9 Å². The molecule has 0 saturated heterocycles. The first-order valence-electron chi connectivity index (χ1n) is 46.6. The van der Waals surface area contributed by atoms with Gasteiger partial charge < -0.3 is 19.6 Å². The van der Waals surface area contributed by atoms with Gasteiger partial charge in [-0.05, 0) is 86.8 Å². The minimum Gasteiger partial charge on any atom is -0.308 e. The molecular formula is C98H156Br2N4O4. The number of anilines is 4. The molecule has 3 aromatic rings. The molecule has 2 unspecified atom stereocenters. The smallest absolute Gasteiger partial charge is 0.259 e. The Morgan fingerprint density at radius 2 is 0.426 bits per heavy atom. The Morgan fingerprint density at radius 1 is 0.231 bits per heavy atom. The lowest BCUT2D eigenvalue weighted by atomic mass is 9.92. The van der Waals surface area contributed by atoms with E-state index in [2.05, 4.69) is 120 Å². The van der Waals surface area contributed by atoms with Crippen LogP contribution < -0.4 is 19.6 Å². The molecule has 606 valence electrons. The molecule has 10 heteroatoms. The number of carbonyl (C=O) groups is 4. The van der Waals surface area contributed by atoms with Gasteiger partial charge in [0.05, 0.1) is 45.0 Å². The first-order valence-corrected chi connectivity index (χ1v) is 48.2. The van der Waals surface area contributed by atoms with Crippen LogP contribution in [0.4, 0.5) is 22.7 Å². The van der Waals surface area contributed by atoms with Gasteiger partial charge in [-0.15, -0.1) is 0 Å². The highest BCUT2D eigenvalue weighted by atomic mass is 79.9. The fourth-order valence-corrected chi connectivity index (χ4v) is 18.9. The van der Waals surface area contributed by atoms with Crippen molar-refractivity contribution in [3.8, 4) is 0 Å². The monoisotopic (exact) mass is 1610 g/mol. The third kappa shape index (κ3) is 30.1. The minimum absolute atomic E-state index is 0.0860. The van der Waals surface area contributed by atoms with Gasteiger partial charge in [0, 0.05) is 57.4 Å². The van der Waals surface area contributed by atoms with E-state index in [9.17, 15) is 0 Å². The summed E-state index contributed by atoms with van der Waals surface area (Å²) in [6.07, 6.45) is 74.4. The zero-order chi connectivity index (χ0) is 76.8. The predicted molar refractivity (Wildman–Crippen MR) is 476 cm³/mol. The second kappa shape index (κ2) is 54.7. The predicted octanol–water partition coefficient (Wildman–Crippen LogP) is 31.2. The van der Waals surface area contributed by atoms with Crippen LogP contribution in [0.3, 0.4) is 0 Å². The Hall–Kier alpha value is -4.02. The van der Waals surface area contributed by atoms with Gasteiger partial charge in [-0.3, -0.25) is 19.2 Å². The summed E-state index contributed by atoms with van der Waals surface area (Å²) in [6.45, 7) is 16.0. The van der Waals surface area contributed by atoms with E-state index < -0.39 is 0 Å². The van der Waals surface area contributed by atoms with E-state index in [0.29, 0.717) is 60.3 Å². The van der Waals surface area contributed by atoms with E-state index in [4.69, 9.17) is 0 Å². The van der Waals surface area contributed by atoms with Gasteiger partial charge in [-0.1, -0.05) is 432 Å². The van der Waals surface area contributed by atoms with Crippen molar-refractivity contribution in [2.45, 2.75) is 427 Å². The summed E-state index contributed by atoms with van der Waals surface area (Å²) in [7, 11) is 0. The molecule has 0 fully saturated rings. The van der Waals surface area contributed by atoms with E-state index in [1.165, 1.54) is 321 Å². The highest BCUT2D eigenvalue weighted by Gasteiger charge is 2.47. The van der Waals surface area contributed by atoms with Crippen LogP contribution in [0.25, 0.3) is 22.3 Å². The molecule has 8 nitrogen and oxygen atoms in total. The molecular weight excluding hydrogens is 1460 g/mol. The normalized spacial score (nSPS) is 16.0. The average molecular weight is 1610 g/mol. The standard InChI is InChI=1S/C98H156Br2N4O4/c1-7-13-19-25-31-37-41-47-53-59-65-79(63-57-51-45-35-29-23-17-11-5)77-103-87-73-81(99)67-69-83(87)91(97(103)107)93-85-75-90-86(76-89(85)101(95(93)105)71-61-55-49-43-39-33-27-21-15-9-3)94(96(106)102(90)72-62-56-50-44-40-34-28-22-16-10-4)92-84-70-68-82(100)74-88(84)104(98(92)108)78-80(64-58-52-46-36-30-24-18-12-6)66-60-54-48-42-38-32-26-20-14-8-2/h67-70,73-76,79-80H,7-66,71-72,77-78H2,1-6H3/b93-91-,94-92+. The number of unbranched alkanes of at least 4 members (excludes halogenated alkanes) is 50. The summed E-state index contributed by atoms with van der Waals surface area (Å²) < 4.78 is 1.84. The van der Waals surface area contributed by atoms with Crippen molar-refractivity contribution >= 4 is 101 Å². The molecule has 0 bridgehead atoms. The van der Waals surface area contributed by atoms with Crippen molar-refractivity contribution < 1.29 is 19.2 Å². The Morgan fingerprint density at radius 3 is 0.667 bits per heavy atom. The van der Waals surface area contributed by atoms with E-state index in [0.717, 1.165) is 118 Å². The van der Waals surface area contributed by atoms with Crippen LogP contribution >= 0.6 is 31.9 Å². The number of amides is 4. The van der Waals surface area contributed by atoms with Crippen molar-refractivity contribution in [1.82, 2.24) is 0 Å². The number of fused-ring (bicyclic) bond motifs is 4. The van der Waals surface area contributed by atoms with Crippen molar-refractivity contribution in [1.29, 1.82) is 0 Å². The maximum atomic E-state index is 16.2. The maximum Gasteiger partial charge on any atom is 0.259 e. The number of hydrogen-bond acceptors (Lipinski definition) is 4. The maximum absolute atomic E-state index is 16.2. The topological polar surface area (TPSA) is 81.2 Å². The molecule has 0 aliphatic carbocycles. The lowest BCUT2D eigenvalue weighted by Crippen LogP contribution is -2.33. The Bertz CT molecular complexity index is 2920. The number of benzene rings is 3. The second-order valence-electron chi connectivity index (χ2n) is 34.0. The molecule has 0 N–H and O–H groups in total. The SMILES string of the molecule is CCCCCCCCCCCCC(CCCCCCCCCC)CN1C(=O)/C(=C2\C(=O)N(CCCCCCCCCCCC)c3cc4c(cc32)N(CCCCCCCCCCCC)C(=O)/C4=C2/C(=O)N(CC(CCCCCCCCCC)CCCCCCCCCCCC)c3cc(Br)ccc32)c2ccc(Br)cc21. The second-order valence-corrected chi connectivity index (χ2v) is 35.9. The summed E-state index contributed by atoms with van der Waals surface area (Å²) in [5, 5.41) is 0. The molecule has 7 rings (SSSR count). The number of rotatable bonds is 66. The first-order chi connectivity index (χ1) is 53.0. The van der Waals surface area contributed by atoms with Crippen LogP contribution in [0.15, 0.2) is 57.5 Å². The van der Waals surface area contributed by atoms with Crippen LogP contribution in [-0.4, -0.2) is 49.8 Å². The van der Waals surface area contributed by atoms with Gasteiger partial charge in [0.1, 0.15) is 0 Å². The highest BCUT2D eigenvalue weighted by Crippen LogP contribution is 2.54. The Kier molecular flexibility index (Phi) is 46.1. The number of nitrogens with zero attached hydrogens (tertiary/aromatic N) is 4. The molecule has 2 atom stereocenters.